The molecule has 0 bridgehead atoms. The van der Waals surface area contributed by atoms with E-state index in [2.05, 4.69) is 0 Å². The quantitative estimate of drug-likeness (QED) is 0.850. The van der Waals surface area contributed by atoms with Crippen molar-refractivity contribution in [2.24, 2.45) is 0 Å². The van der Waals surface area contributed by atoms with E-state index < -0.39 is 0 Å². The predicted octanol–water partition coefficient (Wildman–Crippen LogP) is 2.88. The Morgan fingerprint density at radius 2 is 2.08 bits per heavy atom. The fourth-order valence-corrected chi connectivity index (χ4v) is 1.63. The highest BCUT2D eigenvalue weighted by Crippen LogP contribution is 2.32. The van der Waals surface area contributed by atoms with Gasteiger partial charge in [-0.25, -0.2) is 0 Å². The number of halogens is 2. The van der Waals surface area contributed by atoms with Crippen LogP contribution in [-0.2, 0) is 6.61 Å². The van der Waals surface area contributed by atoms with Crippen LogP contribution in [0.3, 0.4) is 0 Å². The normalized spacial score (nSPS) is 10.2. The van der Waals surface area contributed by atoms with E-state index in [0.29, 0.717) is 28.0 Å². The molecule has 0 amide bonds. The van der Waals surface area contributed by atoms with E-state index >= 15 is 0 Å². The molecule has 4 heteroatoms. The van der Waals surface area contributed by atoms with Crippen LogP contribution in [-0.4, -0.2) is 11.7 Å². The summed E-state index contributed by atoms with van der Waals surface area (Å²) in [6, 6.07) is 3.23. The fourth-order valence-electron chi connectivity index (χ4n) is 1.04. The van der Waals surface area contributed by atoms with Crippen molar-refractivity contribution in [2.75, 3.05) is 6.61 Å². The van der Waals surface area contributed by atoms with E-state index in [4.69, 9.17) is 33.0 Å². The van der Waals surface area contributed by atoms with E-state index in [-0.39, 0.29) is 6.61 Å². The van der Waals surface area contributed by atoms with Gasteiger partial charge in [-0.05, 0) is 19.1 Å². The minimum absolute atomic E-state index is 0.129. The van der Waals surface area contributed by atoms with Crippen molar-refractivity contribution in [3.63, 3.8) is 0 Å². The van der Waals surface area contributed by atoms with Gasteiger partial charge in [0.25, 0.3) is 0 Å². The fraction of sp³-hybridized carbons (Fsp3) is 0.333. The lowest BCUT2D eigenvalue weighted by molar-refractivity contribution is 0.267. The number of rotatable bonds is 3. The van der Waals surface area contributed by atoms with E-state index in [9.17, 15) is 0 Å². The van der Waals surface area contributed by atoms with Crippen molar-refractivity contribution in [1.29, 1.82) is 0 Å². The molecule has 0 aliphatic carbocycles. The van der Waals surface area contributed by atoms with Gasteiger partial charge in [-0.3, -0.25) is 0 Å². The molecule has 2 nitrogen and oxygen atoms in total. The Balaban J connectivity index is 3.13. The van der Waals surface area contributed by atoms with Crippen molar-refractivity contribution in [3.05, 3.63) is 27.7 Å². The van der Waals surface area contributed by atoms with Crippen LogP contribution in [0, 0.1) is 0 Å². The molecular formula is C9H10Cl2O2. The molecular weight excluding hydrogens is 211 g/mol. The number of hydrogen-bond donors (Lipinski definition) is 1. The summed E-state index contributed by atoms with van der Waals surface area (Å²) in [4.78, 5) is 0. The van der Waals surface area contributed by atoms with E-state index in [1.54, 1.807) is 12.1 Å². The lowest BCUT2D eigenvalue weighted by Crippen LogP contribution is -1.97. The summed E-state index contributed by atoms with van der Waals surface area (Å²) in [5.74, 6) is 0.510. The SMILES string of the molecule is CCOc1c(Cl)cc(Cl)cc1CO. The van der Waals surface area contributed by atoms with Crippen LogP contribution in [0.2, 0.25) is 10.0 Å². The van der Waals surface area contributed by atoms with Gasteiger partial charge in [0.2, 0.25) is 0 Å². The molecule has 0 unspecified atom stereocenters. The Morgan fingerprint density at radius 1 is 1.38 bits per heavy atom. The highest BCUT2D eigenvalue weighted by molar-refractivity contribution is 6.35. The highest BCUT2D eigenvalue weighted by atomic mass is 35.5. The molecule has 0 heterocycles. The topological polar surface area (TPSA) is 29.5 Å². The maximum atomic E-state index is 9.00. The van der Waals surface area contributed by atoms with Crippen molar-refractivity contribution < 1.29 is 9.84 Å². The van der Waals surface area contributed by atoms with Gasteiger partial charge in [-0.1, -0.05) is 23.2 Å². The molecule has 1 rings (SSSR count). The standard InChI is InChI=1S/C9H10Cl2O2/c1-2-13-9-6(5-12)3-7(10)4-8(9)11/h3-4,12H,2,5H2,1H3. The minimum atomic E-state index is -0.129. The number of ether oxygens (including phenoxy) is 1. The van der Waals surface area contributed by atoms with Gasteiger partial charge in [0, 0.05) is 10.6 Å². The first-order valence-corrected chi connectivity index (χ1v) is 4.66. The van der Waals surface area contributed by atoms with Gasteiger partial charge in [0.1, 0.15) is 5.75 Å². The second-order valence-electron chi connectivity index (χ2n) is 2.47. The van der Waals surface area contributed by atoms with Gasteiger partial charge >= 0.3 is 0 Å². The third kappa shape index (κ3) is 2.50. The lowest BCUT2D eigenvalue weighted by atomic mass is 10.2. The molecule has 72 valence electrons. The molecule has 0 spiro atoms. The van der Waals surface area contributed by atoms with Gasteiger partial charge < -0.3 is 9.84 Å². The Kier molecular flexibility index (Phi) is 3.85. The third-order valence-electron chi connectivity index (χ3n) is 1.54. The molecule has 1 aromatic carbocycles. The van der Waals surface area contributed by atoms with Gasteiger partial charge in [0.05, 0.1) is 18.2 Å². The zero-order valence-electron chi connectivity index (χ0n) is 7.18. The van der Waals surface area contributed by atoms with Crippen molar-refractivity contribution in [2.45, 2.75) is 13.5 Å². The first-order valence-electron chi connectivity index (χ1n) is 3.90. The molecule has 0 aliphatic heterocycles. The Hall–Kier alpha value is -0.440. The second-order valence-corrected chi connectivity index (χ2v) is 3.31. The lowest BCUT2D eigenvalue weighted by Gasteiger charge is -2.10. The van der Waals surface area contributed by atoms with Crippen molar-refractivity contribution in [3.8, 4) is 5.75 Å². The average Bonchev–Trinajstić information content (AvgIpc) is 2.09. The number of hydrogen-bond acceptors (Lipinski definition) is 2. The smallest absolute Gasteiger partial charge is 0.143 e. The molecule has 0 saturated carbocycles. The molecule has 13 heavy (non-hydrogen) atoms. The van der Waals surface area contributed by atoms with Crippen LogP contribution < -0.4 is 4.74 Å². The maximum absolute atomic E-state index is 9.00. The molecule has 0 saturated heterocycles. The number of benzene rings is 1. The molecule has 0 fully saturated rings. The molecule has 0 atom stereocenters. The van der Waals surface area contributed by atoms with E-state index in [1.165, 1.54) is 0 Å². The van der Waals surface area contributed by atoms with Gasteiger partial charge in [-0.2, -0.15) is 0 Å². The largest absolute Gasteiger partial charge is 0.492 e. The highest BCUT2D eigenvalue weighted by Gasteiger charge is 2.08. The van der Waals surface area contributed by atoms with Crippen LogP contribution in [0.4, 0.5) is 0 Å². The predicted molar refractivity (Wildman–Crippen MR) is 53.6 cm³/mol. The number of aliphatic hydroxyl groups is 1. The summed E-state index contributed by atoms with van der Waals surface area (Å²) < 4.78 is 5.26. The zero-order chi connectivity index (χ0) is 9.84. The van der Waals surface area contributed by atoms with Gasteiger partial charge in [0.15, 0.2) is 0 Å². The number of aliphatic hydroxyl groups excluding tert-OH is 1. The monoisotopic (exact) mass is 220 g/mol. The Labute approximate surface area is 87.0 Å². The van der Waals surface area contributed by atoms with Crippen molar-refractivity contribution in [1.82, 2.24) is 0 Å². The molecule has 0 aliphatic rings. The summed E-state index contributed by atoms with van der Waals surface area (Å²) >= 11 is 11.6. The summed E-state index contributed by atoms with van der Waals surface area (Å²) in [6.07, 6.45) is 0. The summed E-state index contributed by atoms with van der Waals surface area (Å²) in [7, 11) is 0. The van der Waals surface area contributed by atoms with E-state index in [1.807, 2.05) is 6.92 Å². The summed E-state index contributed by atoms with van der Waals surface area (Å²) in [6.45, 7) is 2.23. The average molecular weight is 221 g/mol. The van der Waals surface area contributed by atoms with Crippen LogP contribution in [0.5, 0.6) is 5.75 Å². The Morgan fingerprint density at radius 3 is 2.62 bits per heavy atom. The molecule has 1 N–H and O–H groups in total. The van der Waals surface area contributed by atoms with Crippen LogP contribution in [0.25, 0.3) is 0 Å². The van der Waals surface area contributed by atoms with Crippen LogP contribution >= 0.6 is 23.2 Å². The van der Waals surface area contributed by atoms with E-state index in [0.717, 1.165) is 0 Å². The Bertz CT molecular complexity index is 300. The molecule has 0 aromatic heterocycles. The van der Waals surface area contributed by atoms with Crippen LogP contribution in [0.15, 0.2) is 12.1 Å². The van der Waals surface area contributed by atoms with Gasteiger partial charge in [-0.15, -0.1) is 0 Å². The van der Waals surface area contributed by atoms with Crippen LogP contribution in [0.1, 0.15) is 12.5 Å². The first-order chi connectivity index (χ1) is 6.19. The third-order valence-corrected chi connectivity index (χ3v) is 2.04. The summed E-state index contributed by atoms with van der Waals surface area (Å²) in [5.41, 5.74) is 0.611. The minimum Gasteiger partial charge on any atom is -0.492 e. The summed E-state index contributed by atoms with van der Waals surface area (Å²) in [5, 5.41) is 9.92. The maximum Gasteiger partial charge on any atom is 0.143 e. The zero-order valence-corrected chi connectivity index (χ0v) is 8.69. The second kappa shape index (κ2) is 4.70. The first kappa shape index (κ1) is 10.6. The van der Waals surface area contributed by atoms with Crippen molar-refractivity contribution >= 4 is 23.2 Å². The molecule has 0 radical (unpaired) electrons. The molecule has 1 aromatic rings.